The first-order valence-electron chi connectivity index (χ1n) is 13.9. The lowest BCUT2D eigenvalue weighted by atomic mass is 9.86. The van der Waals surface area contributed by atoms with Gasteiger partial charge in [0, 0.05) is 44.3 Å². The minimum atomic E-state index is -1.18. The van der Waals surface area contributed by atoms with E-state index in [2.05, 4.69) is 39.7 Å². The highest BCUT2D eigenvalue weighted by molar-refractivity contribution is 6.76. The number of aliphatic carboxylic acids is 1. The molecular formula is C29H41N5O5Si. The molecule has 1 fully saturated rings. The van der Waals surface area contributed by atoms with Crippen molar-refractivity contribution < 1.29 is 24.1 Å². The molecule has 1 N–H and O–H groups in total. The molecule has 3 heterocycles. The Hall–Kier alpha value is -3.31. The number of rotatable bonds is 14. The van der Waals surface area contributed by atoms with Gasteiger partial charge in [0.15, 0.2) is 5.82 Å². The van der Waals surface area contributed by atoms with Crippen LogP contribution >= 0.6 is 0 Å². The average Bonchev–Trinajstić information content (AvgIpc) is 3.27. The summed E-state index contributed by atoms with van der Waals surface area (Å²) in [5.74, 6) is 0.579. The SMILES string of the molecule is Cc1cc(OCC(C)(C)C(=O)O)ncc1-c1ccc(-c2nc(OCC3CCC3)n(COCC[Si](C)(C)C)n2)cn1. The van der Waals surface area contributed by atoms with Gasteiger partial charge in [-0.25, -0.2) is 4.98 Å². The Labute approximate surface area is 237 Å². The molecule has 0 radical (unpaired) electrons. The maximum absolute atomic E-state index is 11.3. The largest absolute Gasteiger partial charge is 0.481 e. The van der Waals surface area contributed by atoms with E-state index in [9.17, 15) is 9.90 Å². The Morgan fingerprint density at radius 2 is 1.93 bits per heavy atom. The standard InChI is InChI=1S/C29H41N5O5Si/c1-20-14-25(39-18-29(2,3)27(35)36)31-16-23(20)24-11-10-22(15-30-24)26-32-28(38-17-21-8-7-9-21)34(33-26)19-37-12-13-40(4,5)6/h10-11,14-16,21H,7-9,12-13,17-19H2,1-6H3,(H,35,36). The van der Waals surface area contributed by atoms with Crippen molar-refractivity contribution >= 4 is 14.0 Å². The van der Waals surface area contributed by atoms with Crippen LogP contribution in [0.25, 0.3) is 22.6 Å². The second kappa shape index (κ2) is 12.5. The lowest BCUT2D eigenvalue weighted by Gasteiger charge is -2.24. The molecule has 216 valence electrons. The van der Waals surface area contributed by atoms with E-state index >= 15 is 0 Å². The van der Waals surface area contributed by atoms with Crippen LogP contribution in [0.4, 0.5) is 0 Å². The van der Waals surface area contributed by atoms with E-state index in [1.165, 1.54) is 19.3 Å². The summed E-state index contributed by atoms with van der Waals surface area (Å²) in [6.07, 6.45) is 7.09. The van der Waals surface area contributed by atoms with Gasteiger partial charge in [-0.05, 0) is 63.3 Å². The fourth-order valence-corrected chi connectivity index (χ4v) is 4.66. The zero-order valence-electron chi connectivity index (χ0n) is 24.4. The Morgan fingerprint density at radius 1 is 1.15 bits per heavy atom. The first kappa shape index (κ1) is 29.7. The van der Waals surface area contributed by atoms with Crippen LogP contribution < -0.4 is 9.47 Å². The van der Waals surface area contributed by atoms with Crippen LogP contribution in [0.5, 0.6) is 11.9 Å². The Morgan fingerprint density at radius 3 is 2.52 bits per heavy atom. The van der Waals surface area contributed by atoms with Gasteiger partial charge in [0.25, 0.3) is 0 Å². The molecule has 0 aromatic carbocycles. The lowest BCUT2D eigenvalue weighted by Crippen LogP contribution is -2.30. The van der Waals surface area contributed by atoms with Crippen molar-refractivity contribution in [2.24, 2.45) is 11.3 Å². The van der Waals surface area contributed by atoms with E-state index in [1.54, 1.807) is 37.0 Å². The Balaban J connectivity index is 1.45. The van der Waals surface area contributed by atoms with E-state index in [0.29, 0.717) is 43.6 Å². The van der Waals surface area contributed by atoms with Gasteiger partial charge in [0.1, 0.15) is 13.3 Å². The third-order valence-corrected chi connectivity index (χ3v) is 8.77. The molecule has 40 heavy (non-hydrogen) atoms. The first-order valence-corrected chi connectivity index (χ1v) is 17.6. The minimum Gasteiger partial charge on any atom is -0.481 e. The second-order valence-electron chi connectivity index (χ2n) is 12.4. The van der Waals surface area contributed by atoms with E-state index in [-0.39, 0.29) is 6.61 Å². The Kier molecular flexibility index (Phi) is 9.25. The summed E-state index contributed by atoms with van der Waals surface area (Å²) in [5, 5.41) is 14.0. The molecule has 11 heteroatoms. The molecule has 1 aliphatic rings. The highest BCUT2D eigenvalue weighted by atomic mass is 28.3. The van der Waals surface area contributed by atoms with Gasteiger partial charge in [-0.2, -0.15) is 9.67 Å². The van der Waals surface area contributed by atoms with Crippen molar-refractivity contribution in [3.8, 4) is 34.5 Å². The topological polar surface area (TPSA) is 121 Å². The van der Waals surface area contributed by atoms with Gasteiger partial charge in [-0.1, -0.05) is 26.1 Å². The summed E-state index contributed by atoms with van der Waals surface area (Å²) in [5.41, 5.74) is 2.30. The minimum absolute atomic E-state index is 0.0242. The molecular weight excluding hydrogens is 526 g/mol. The molecule has 0 saturated heterocycles. The fourth-order valence-electron chi connectivity index (χ4n) is 3.90. The van der Waals surface area contributed by atoms with Gasteiger partial charge >= 0.3 is 12.0 Å². The number of carboxylic acids is 1. The van der Waals surface area contributed by atoms with Crippen LogP contribution in [0.15, 0.2) is 30.6 Å². The number of ether oxygens (including phenoxy) is 3. The monoisotopic (exact) mass is 567 g/mol. The van der Waals surface area contributed by atoms with Crippen LogP contribution in [0.3, 0.4) is 0 Å². The molecule has 0 bridgehead atoms. The molecule has 10 nitrogen and oxygen atoms in total. The van der Waals surface area contributed by atoms with Crippen molar-refractivity contribution in [3.63, 3.8) is 0 Å². The van der Waals surface area contributed by atoms with E-state index in [0.717, 1.165) is 28.4 Å². The van der Waals surface area contributed by atoms with Crippen molar-refractivity contribution in [1.29, 1.82) is 0 Å². The molecule has 0 unspecified atom stereocenters. The number of aromatic nitrogens is 5. The number of hydrogen-bond donors (Lipinski definition) is 1. The van der Waals surface area contributed by atoms with Gasteiger partial charge in [-0.15, -0.1) is 5.10 Å². The number of carboxylic acid groups (broad SMARTS) is 1. The summed E-state index contributed by atoms with van der Waals surface area (Å²) in [7, 11) is -1.18. The highest BCUT2D eigenvalue weighted by Crippen LogP contribution is 2.29. The first-order chi connectivity index (χ1) is 18.9. The lowest BCUT2D eigenvalue weighted by molar-refractivity contribution is -0.148. The molecule has 1 saturated carbocycles. The number of nitrogens with zero attached hydrogens (tertiary/aromatic N) is 5. The normalized spacial score (nSPS) is 14.2. The zero-order chi connectivity index (χ0) is 28.9. The molecule has 0 aliphatic heterocycles. The van der Waals surface area contributed by atoms with Crippen LogP contribution in [0.1, 0.15) is 38.7 Å². The summed E-state index contributed by atoms with van der Waals surface area (Å²) in [6.45, 7) is 13.8. The van der Waals surface area contributed by atoms with Gasteiger partial charge in [-0.3, -0.25) is 9.78 Å². The Bertz CT molecular complexity index is 1300. The smallest absolute Gasteiger partial charge is 0.317 e. The van der Waals surface area contributed by atoms with Gasteiger partial charge in [0.2, 0.25) is 5.88 Å². The zero-order valence-corrected chi connectivity index (χ0v) is 25.4. The van der Waals surface area contributed by atoms with Crippen molar-refractivity contribution in [2.75, 3.05) is 19.8 Å². The molecule has 3 aromatic heterocycles. The quantitative estimate of drug-likeness (QED) is 0.193. The average molecular weight is 568 g/mol. The summed E-state index contributed by atoms with van der Waals surface area (Å²) in [6, 6.07) is 7.19. The fraction of sp³-hybridized carbons (Fsp3) is 0.552. The van der Waals surface area contributed by atoms with E-state index in [4.69, 9.17) is 14.2 Å². The maximum atomic E-state index is 11.3. The summed E-state index contributed by atoms with van der Waals surface area (Å²) < 4.78 is 19.3. The number of hydrogen-bond acceptors (Lipinski definition) is 8. The predicted octanol–water partition coefficient (Wildman–Crippen LogP) is 5.69. The van der Waals surface area contributed by atoms with E-state index in [1.807, 2.05) is 19.1 Å². The number of aryl methyl sites for hydroxylation is 1. The molecule has 0 amide bonds. The molecule has 3 aromatic rings. The number of pyridine rings is 2. The van der Waals surface area contributed by atoms with Gasteiger partial charge < -0.3 is 19.3 Å². The van der Waals surface area contributed by atoms with Gasteiger partial charge in [0.05, 0.1) is 17.7 Å². The van der Waals surface area contributed by atoms with Crippen molar-refractivity contribution in [2.45, 2.75) is 72.4 Å². The van der Waals surface area contributed by atoms with Crippen LogP contribution in [0.2, 0.25) is 25.7 Å². The van der Waals surface area contributed by atoms with Crippen LogP contribution in [-0.2, 0) is 16.3 Å². The van der Waals surface area contributed by atoms with Crippen molar-refractivity contribution in [3.05, 3.63) is 36.2 Å². The predicted molar refractivity (Wildman–Crippen MR) is 155 cm³/mol. The molecule has 0 atom stereocenters. The molecule has 0 spiro atoms. The third-order valence-electron chi connectivity index (χ3n) is 7.06. The van der Waals surface area contributed by atoms with Crippen LogP contribution in [-0.4, -0.2) is 63.7 Å². The maximum Gasteiger partial charge on any atom is 0.317 e. The third kappa shape index (κ3) is 7.88. The van der Waals surface area contributed by atoms with E-state index < -0.39 is 19.5 Å². The summed E-state index contributed by atoms with van der Waals surface area (Å²) >= 11 is 0. The number of carbonyl (C=O) groups is 1. The molecule has 4 rings (SSSR count). The summed E-state index contributed by atoms with van der Waals surface area (Å²) in [4.78, 5) is 25.0. The van der Waals surface area contributed by atoms with Crippen LogP contribution in [0, 0.1) is 18.3 Å². The highest BCUT2D eigenvalue weighted by Gasteiger charge is 2.28. The molecule has 1 aliphatic carbocycles. The second-order valence-corrected chi connectivity index (χ2v) is 18.0. The van der Waals surface area contributed by atoms with Crippen molar-refractivity contribution in [1.82, 2.24) is 24.7 Å².